The van der Waals surface area contributed by atoms with E-state index in [4.69, 9.17) is 0 Å². The molecular formula is C11H17N3O3. The van der Waals surface area contributed by atoms with Crippen LogP contribution in [-0.4, -0.2) is 28.0 Å². The zero-order valence-electron chi connectivity index (χ0n) is 10.3. The topological polar surface area (TPSA) is 73.2 Å². The second-order valence-corrected chi connectivity index (χ2v) is 3.67. The lowest BCUT2D eigenvalue weighted by Gasteiger charge is -2.13. The zero-order chi connectivity index (χ0) is 12.8. The highest BCUT2D eigenvalue weighted by Crippen LogP contribution is 2.08. The molecular weight excluding hydrogens is 222 g/mol. The predicted octanol–water partition coefficient (Wildman–Crippen LogP) is 0.550. The lowest BCUT2D eigenvalue weighted by atomic mass is 10.3. The number of carbonyl (C=O) groups is 2. The van der Waals surface area contributed by atoms with Gasteiger partial charge in [0.25, 0.3) is 0 Å². The summed E-state index contributed by atoms with van der Waals surface area (Å²) >= 11 is 0. The Balaban J connectivity index is 2.46. The number of hydrogen-bond acceptors (Lipinski definition) is 4. The number of rotatable bonds is 5. The first-order chi connectivity index (χ1) is 8.04. The van der Waals surface area contributed by atoms with Gasteiger partial charge in [0, 0.05) is 19.4 Å². The molecule has 1 heterocycles. The summed E-state index contributed by atoms with van der Waals surface area (Å²) in [6, 6.07) is -0.239. The van der Waals surface area contributed by atoms with Crippen molar-refractivity contribution in [3.63, 3.8) is 0 Å². The predicted molar refractivity (Wildman–Crippen MR) is 61.0 cm³/mol. The number of hydrogen-bond donors (Lipinski definition) is 1. The van der Waals surface area contributed by atoms with E-state index in [1.807, 2.05) is 18.5 Å². The first kappa shape index (κ1) is 13.2. The van der Waals surface area contributed by atoms with Crippen LogP contribution in [0.2, 0.25) is 0 Å². The van der Waals surface area contributed by atoms with Crippen LogP contribution in [0.25, 0.3) is 0 Å². The van der Waals surface area contributed by atoms with E-state index in [0.29, 0.717) is 0 Å². The Hall–Kier alpha value is -1.85. The molecule has 0 aromatic carbocycles. The Morgan fingerprint density at radius 1 is 1.59 bits per heavy atom. The molecule has 0 fully saturated rings. The van der Waals surface area contributed by atoms with Crippen molar-refractivity contribution >= 4 is 11.9 Å². The van der Waals surface area contributed by atoms with E-state index >= 15 is 0 Å². The molecule has 0 radical (unpaired) electrons. The van der Waals surface area contributed by atoms with Crippen molar-refractivity contribution in [2.24, 2.45) is 7.05 Å². The highest BCUT2D eigenvalue weighted by atomic mass is 16.5. The summed E-state index contributed by atoms with van der Waals surface area (Å²) < 4.78 is 6.50. The zero-order valence-corrected chi connectivity index (χ0v) is 10.3. The summed E-state index contributed by atoms with van der Waals surface area (Å²) in [7, 11) is 1.84. The average Bonchev–Trinajstić information content (AvgIpc) is 2.64. The van der Waals surface area contributed by atoms with Gasteiger partial charge in [-0.3, -0.25) is 9.59 Å². The van der Waals surface area contributed by atoms with Gasteiger partial charge in [-0.2, -0.15) is 0 Å². The van der Waals surface area contributed by atoms with Crippen molar-refractivity contribution in [3.8, 4) is 0 Å². The van der Waals surface area contributed by atoms with Crippen LogP contribution in [0.15, 0.2) is 12.4 Å². The van der Waals surface area contributed by atoms with Crippen molar-refractivity contribution in [1.29, 1.82) is 0 Å². The fourth-order valence-electron chi connectivity index (χ4n) is 1.49. The van der Waals surface area contributed by atoms with E-state index in [0.717, 1.165) is 5.82 Å². The third-order valence-electron chi connectivity index (χ3n) is 2.23. The Kier molecular flexibility index (Phi) is 4.68. The number of aromatic nitrogens is 2. The van der Waals surface area contributed by atoms with Crippen LogP contribution in [-0.2, 0) is 21.4 Å². The summed E-state index contributed by atoms with van der Waals surface area (Å²) in [5.41, 5.74) is 0. The van der Waals surface area contributed by atoms with E-state index in [1.165, 1.54) is 0 Å². The Morgan fingerprint density at radius 3 is 2.82 bits per heavy atom. The van der Waals surface area contributed by atoms with E-state index in [9.17, 15) is 9.59 Å². The quantitative estimate of drug-likeness (QED) is 0.601. The standard InChI is InChI=1S/C11H17N3O3/c1-4-17-10(16)7-9(15)13-8(2)11-12-5-6-14(11)3/h5-6,8H,4,7H2,1-3H3,(H,13,15). The monoisotopic (exact) mass is 239 g/mol. The number of ether oxygens (including phenoxy) is 1. The number of carbonyl (C=O) groups excluding carboxylic acids is 2. The number of nitrogens with one attached hydrogen (secondary N) is 1. The number of nitrogens with zero attached hydrogens (tertiary/aromatic N) is 2. The minimum absolute atomic E-state index is 0.239. The molecule has 0 aliphatic carbocycles. The maximum Gasteiger partial charge on any atom is 0.315 e. The fourth-order valence-corrected chi connectivity index (χ4v) is 1.49. The molecule has 1 atom stereocenters. The second-order valence-electron chi connectivity index (χ2n) is 3.67. The molecule has 6 nitrogen and oxygen atoms in total. The Labute approximate surface area is 100.0 Å². The van der Waals surface area contributed by atoms with E-state index in [1.54, 1.807) is 19.3 Å². The van der Waals surface area contributed by atoms with Gasteiger partial charge in [0.05, 0.1) is 12.6 Å². The van der Waals surface area contributed by atoms with E-state index in [2.05, 4.69) is 15.0 Å². The number of amides is 1. The summed E-state index contributed by atoms with van der Waals surface area (Å²) in [6.45, 7) is 3.79. The van der Waals surface area contributed by atoms with Crippen LogP contribution in [0.5, 0.6) is 0 Å². The lowest BCUT2D eigenvalue weighted by molar-refractivity contribution is -0.146. The van der Waals surface area contributed by atoms with E-state index in [-0.39, 0.29) is 25.0 Å². The molecule has 0 aliphatic heterocycles. The smallest absolute Gasteiger partial charge is 0.315 e. The van der Waals surface area contributed by atoms with Crippen LogP contribution in [0.4, 0.5) is 0 Å². The fraction of sp³-hybridized carbons (Fsp3) is 0.545. The molecule has 1 rings (SSSR count). The SMILES string of the molecule is CCOC(=O)CC(=O)NC(C)c1nccn1C. The Bertz CT molecular complexity index is 400. The van der Waals surface area contributed by atoms with Crippen LogP contribution in [0.3, 0.4) is 0 Å². The maximum absolute atomic E-state index is 11.5. The van der Waals surface area contributed by atoms with Crippen molar-refractivity contribution in [1.82, 2.24) is 14.9 Å². The van der Waals surface area contributed by atoms with Gasteiger partial charge in [-0.15, -0.1) is 0 Å². The molecule has 1 amide bonds. The van der Waals surface area contributed by atoms with Crippen molar-refractivity contribution < 1.29 is 14.3 Å². The summed E-state index contributed by atoms with van der Waals surface area (Å²) in [6.07, 6.45) is 3.19. The maximum atomic E-state index is 11.5. The highest BCUT2D eigenvalue weighted by molar-refractivity contribution is 5.94. The molecule has 0 saturated heterocycles. The van der Waals surface area contributed by atoms with Crippen molar-refractivity contribution in [2.75, 3.05) is 6.61 Å². The molecule has 1 unspecified atom stereocenters. The van der Waals surface area contributed by atoms with Gasteiger partial charge in [-0.25, -0.2) is 4.98 Å². The van der Waals surface area contributed by atoms with Crippen molar-refractivity contribution in [2.45, 2.75) is 26.3 Å². The number of imidazole rings is 1. The van der Waals surface area contributed by atoms with Gasteiger partial charge in [-0.05, 0) is 13.8 Å². The van der Waals surface area contributed by atoms with Crippen LogP contribution >= 0.6 is 0 Å². The molecule has 0 saturated carbocycles. The normalized spacial score (nSPS) is 11.9. The molecule has 1 N–H and O–H groups in total. The molecule has 6 heteroatoms. The first-order valence-corrected chi connectivity index (χ1v) is 5.46. The molecule has 94 valence electrons. The number of esters is 1. The minimum atomic E-state index is -0.517. The average molecular weight is 239 g/mol. The third kappa shape index (κ3) is 3.90. The van der Waals surface area contributed by atoms with Gasteiger partial charge in [0.15, 0.2) is 0 Å². The van der Waals surface area contributed by atoms with Crippen LogP contribution < -0.4 is 5.32 Å². The van der Waals surface area contributed by atoms with Gasteiger partial charge >= 0.3 is 5.97 Å². The largest absolute Gasteiger partial charge is 0.466 e. The van der Waals surface area contributed by atoms with Gasteiger partial charge in [-0.1, -0.05) is 0 Å². The molecule has 0 spiro atoms. The summed E-state index contributed by atoms with van der Waals surface area (Å²) in [4.78, 5) is 26.7. The lowest BCUT2D eigenvalue weighted by Crippen LogP contribution is -2.30. The Morgan fingerprint density at radius 2 is 2.29 bits per heavy atom. The van der Waals surface area contributed by atoms with Gasteiger partial charge in [0.2, 0.25) is 5.91 Å². The summed E-state index contributed by atoms with van der Waals surface area (Å²) in [5, 5.41) is 2.69. The second kappa shape index (κ2) is 6.03. The summed E-state index contributed by atoms with van der Waals surface area (Å²) in [5.74, 6) is -0.141. The van der Waals surface area contributed by atoms with E-state index < -0.39 is 5.97 Å². The molecule has 17 heavy (non-hydrogen) atoms. The van der Waals surface area contributed by atoms with Gasteiger partial charge in [0.1, 0.15) is 12.2 Å². The first-order valence-electron chi connectivity index (χ1n) is 5.46. The molecule has 1 aromatic heterocycles. The minimum Gasteiger partial charge on any atom is -0.466 e. The third-order valence-corrected chi connectivity index (χ3v) is 2.23. The van der Waals surface area contributed by atoms with Crippen LogP contribution in [0, 0.1) is 0 Å². The molecule has 1 aromatic rings. The van der Waals surface area contributed by atoms with Gasteiger partial charge < -0.3 is 14.6 Å². The van der Waals surface area contributed by atoms with Crippen molar-refractivity contribution in [3.05, 3.63) is 18.2 Å². The number of aryl methyl sites for hydroxylation is 1. The molecule has 0 bridgehead atoms. The highest BCUT2D eigenvalue weighted by Gasteiger charge is 2.16. The van der Waals surface area contributed by atoms with Crippen LogP contribution in [0.1, 0.15) is 32.1 Å². The molecule has 0 aliphatic rings.